The number of rotatable bonds is 3. The molecule has 0 aromatic heterocycles. The van der Waals surface area contributed by atoms with Crippen LogP contribution in [0, 0.1) is 0 Å². The molecule has 0 unspecified atom stereocenters. The molecule has 0 saturated heterocycles. The average Bonchev–Trinajstić information content (AvgIpc) is 2.39. The van der Waals surface area contributed by atoms with Crippen LogP contribution in [0.5, 0.6) is 0 Å². The minimum Gasteiger partial charge on any atom is -0.267 e. The summed E-state index contributed by atoms with van der Waals surface area (Å²) >= 11 is 6.70. The largest absolute Gasteiger partial charge is 0.272 e. The SMILES string of the molecule is O=C(N/N=C\c1cccc(Br)c1)c1ccccc1Br. The van der Waals surface area contributed by atoms with E-state index in [1.54, 1.807) is 18.3 Å². The Balaban J connectivity index is 2.03. The lowest BCUT2D eigenvalue weighted by Gasteiger charge is -2.01. The van der Waals surface area contributed by atoms with E-state index < -0.39 is 0 Å². The number of nitrogens with one attached hydrogen (secondary N) is 1. The molecule has 2 aromatic carbocycles. The highest BCUT2D eigenvalue weighted by Crippen LogP contribution is 2.15. The zero-order valence-electron chi connectivity index (χ0n) is 9.81. The van der Waals surface area contributed by atoms with Crippen LogP contribution >= 0.6 is 31.9 Å². The lowest BCUT2D eigenvalue weighted by molar-refractivity contribution is 0.0954. The lowest BCUT2D eigenvalue weighted by atomic mass is 10.2. The molecule has 2 aromatic rings. The van der Waals surface area contributed by atoms with Gasteiger partial charge in [0.05, 0.1) is 11.8 Å². The van der Waals surface area contributed by atoms with Crippen molar-refractivity contribution in [1.82, 2.24) is 5.43 Å². The van der Waals surface area contributed by atoms with E-state index in [1.807, 2.05) is 36.4 Å². The Kier molecular flexibility index (Phi) is 4.87. The molecule has 0 saturated carbocycles. The molecule has 0 bridgehead atoms. The molecule has 0 fully saturated rings. The van der Waals surface area contributed by atoms with E-state index >= 15 is 0 Å². The normalized spacial score (nSPS) is 10.6. The van der Waals surface area contributed by atoms with Gasteiger partial charge in [0.2, 0.25) is 0 Å². The summed E-state index contributed by atoms with van der Waals surface area (Å²) in [5.74, 6) is -0.251. The van der Waals surface area contributed by atoms with E-state index in [4.69, 9.17) is 0 Å². The second kappa shape index (κ2) is 6.63. The van der Waals surface area contributed by atoms with Crippen molar-refractivity contribution < 1.29 is 4.79 Å². The quantitative estimate of drug-likeness (QED) is 0.634. The summed E-state index contributed by atoms with van der Waals surface area (Å²) in [4.78, 5) is 11.9. The van der Waals surface area contributed by atoms with Gasteiger partial charge in [0.1, 0.15) is 0 Å². The van der Waals surface area contributed by atoms with Gasteiger partial charge in [-0.25, -0.2) is 5.43 Å². The second-order valence-corrected chi connectivity index (χ2v) is 5.50. The predicted molar refractivity (Wildman–Crippen MR) is 83.3 cm³/mol. The summed E-state index contributed by atoms with van der Waals surface area (Å²) in [6.45, 7) is 0. The van der Waals surface area contributed by atoms with E-state index in [-0.39, 0.29) is 5.91 Å². The first-order valence-corrected chi connectivity index (χ1v) is 7.09. The van der Waals surface area contributed by atoms with Crippen LogP contribution in [-0.2, 0) is 0 Å². The van der Waals surface area contributed by atoms with Crippen molar-refractivity contribution in [3.8, 4) is 0 Å². The standard InChI is InChI=1S/C14H10Br2N2O/c15-11-5-3-4-10(8-11)9-17-18-14(19)12-6-1-2-7-13(12)16/h1-9H,(H,18,19)/b17-9-. The first-order valence-electron chi connectivity index (χ1n) is 5.50. The van der Waals surface area contributed by atoms with Gasteiger partial charge < -0.3 is 0 Å². The third kappa shape index (κ3) is 4.01. The zero-order valence-corrected chi connectivity index (χ0v) is 13.0. The summed E-state index contributed by atoms with van der Waals surface area (Å²) in [7, 11) is 0. The topological polar surface area (TPSA) is 41.5 Å². The molecule has 5 heteroatoms. The van der Waals surface area contributed by atoms with Crippen molar-refractivity contribution in [2.75, 3.05) is 0 Å². The monoisotopic (exact) mass is 380 g/mol. The van der Waals surface area contributed by atoms with Gasteiger partial charge in [0, 0.05) is 8.95 Å². The lowest BCUT2D eigenvalue weighted by Crippen LogP contribution is -2.18. The predicted octanol–water partition coefficient (Wildman–Crippen LogP) is 3.98. The van der Waals surface area contributed by atoms with Crippen molar-refractivity contribution >= 4 is 44.0 Å². The molecule has 0 aliphatic heterocycles. The number of nitrogens with zero attached hydrogens (tertiary/aromatic N) is 1. The van der Waals surface area contributed by atoms with Gasteiger partial charge in [-0.15, -0.1) is 0 Å². The van der Waals surface area contributed by atoms with Crippen molar-refractivity contribution in [1.29, 1.82) is 0 Å². The van der Waals surface area contributed by atoms with Crippen LogP contribution in [0.4, 0.5) is 0 Å². The molecule has 0 atom stereocenters. The van der Waals surface area contributed by atoms with Gasteiger partial charge in [0.15, 0.2) is 0 Å². The third-order valence-corrected chi connectivity index (χ3v) is 3.53. The van der Waals surface area contributed by atoms with Crippen LogP contribution < -0.4 is 5.43 Å². The Morgan fingerprint density at radius 1 is 1.11 bits per heavy atom. The molecule has 0 heterocycles. The highest BCUT2D eigenvalue weighted by molar-refractivity contribution is 9.10. The number of benzene rings is 2. The average molecular weight is 382 g/mol. The van der Waals surface area contributed by atoms with Crippen LogP contribution in [0.25, 0.3) is 0 Å². The number of carbonyl (C=O) groups excluding carboxylic acids is 1. The summed E-state index contributed by atoms with van der Waals surface area (Å²) < 4.78 is 1.71. The van der Waals surface area contributed by atoms with E-state index in [0.717, 1.165) is 14.5 Å². The van der Waals surface area contributed by atoms with E-state index in [1.165, 1.54) is 0 Å². The third-order valence-electron chi connectivity index (χ3n) is 2.35. The second-order valence-electron chi connectivity index (χ2n) is 3.73. The molecule has 2 rings (SSSR count). The summed E-state index contributed by atoms with van der Waals surface area (Å²) in [5, 5.41) is 3.93. The Bertz CT molecular complexity index is 626. The summed E-state index contributed by atoms with van der Waals surface area (Å²) in [6, 6.07) is 14.8. The highest BCUT2D eigenvalue weighted by Gasteiger charge is 2.07. The first-order chi connectivity index (χ1) is 9.16. The Hall–Kier alpha value is -1.46. The van der Waals surface area contributed by atoms with Crippen LogP contribution in [0.3, 0.4) is 0 Å². The zero-order chi connectivity index (χ0) is 13.7. The van der Waals surface area contributed by atoms with Crippen LogP contribution in [-0.4, -0.2) is 12.1 Å². The Labute approximate surface area is 128 Å². The number of halogens is 2. The molecule has 0 radical (unpaired) electrons. The molecule has 0 aliphatic carbocycles. The van der Waals surface area contributed by atoms with Crippen LogP contribution in [0.2, 0.25) is 0 Å². The number of hydrogen-bond donors (Lipinski definition) is 1. The maximum Gasteiger partial charge on any atom is 0.272 e. The molecule has 1 N–H and O–H groups in total. The number of hydrogen-bond acceptors (Lipinski definition) is 2. The fourth-order valence-corrected chi connectivity index (χ4v) is 2.34. The van der Waals surface area contributed by atoms with Crippen molar-refractivity contribution in [2.24, 2.45) is 5.10 Å². The molecule has 19 heavy (non-hydrogen) atoms. The maximum absolute atomic E-state index is 11.9. The van der Waals surface area contributed by atoms with Gasteiger partial charge in [0.25, 0.3) is 5.91 Å². The number of hydrazone groups is 1. The van der Waals surface area contributed by atoms with Crippen molar-refractivity contribution in [3.63, 3.8) is 0 Å². The summed E-state index contributed by atoms with van der Waals surface area (Å²) in [5.41, 5.74) is 3.95. The van der Waals surface area contributed by atoms with Crippen molar-refractivity contribution in [2.45, 2.75) is 0 Å². The van der Waals surface area contributed by atoms with Crippen LogP contribution in [0.1, 0.15) is 15.9 Å². The van der Waals surface area contributed by atoms with Gasteiger partial charge in [-0.05, 0) is 45.8 Å². The minimum atomic E-state index is -0.251. The molecule has 3 nitrogen and oxygen atoms in total. The minimum absolute atomic E-state index is 0.251. The van der Waals surface area contributed by atoms with E-state index in [2.05, 4.69) is 42.4 Å². The smallest absolute Gasteiger partial charge is 0.267 e. The molecular weight excluding hydrogens is 372 g/mol. The first kappa shape index (κ1) is 14.0. The van der Waals surface area contributed by atoms with Crippen molar-refractivity contribution in [3.05, 3.63) is 68.6 Å². The highest BCUT2D eigenvalue weighted by atomic mass is 79.9. The molecular formula is C14H10Br2N2O. The van der Waals surface area contributed by atoms with Gasteiger partial charge in [-0.1, -0.05) is 40.2 Å². The maximum atomic E-state index is 11.9. The van der Waals surface area contributed by atoms with Gasteiger partial charge in [-0.3, -0.25) is 4.79 Å². The fourth-order valence-electron chi connectivity index (χ4n) is 1.46. The number of carbonyl (C=O) groups is 1. The Morgan fingerprint density at radius 3 is 2.63 bits per heavy atom. The molecule has 1 amide bonds. The van der Waals surface area contributed by atoms with Gasteiger partial charge >= 0.3 is 0 Å². The Morgan fingerprint density at radius 2 is 1.89 bits per heavy atom. The van der Waals surface area contributed by atoms with Crippen LogP contribution in [0.15, 0.2) is 62.6 Å². The fraction of sp³-hybridized carbons (Fsp3) is 0. The van der Waals surface area contributed by atoms with E-state index in [0.29, 0.717) is 5.56 Å². The molecule has 0 aliphatic rings. The van der Waals surface area contributed by atoms with E-state index in [9.17, 15) is 4.79 Å². The summed E-state index contributed by atoms with van der Waals surface area (Å²) in [6.07, 6.45) is 1.60. The van der Waals surface area contributed by atoms with Gasteiger partial charge in [-0.2, -0.15) is 5.10 Å². The number of amides is 1. The molecule has 96 valence electrons. The molecule has 0 spiro atoms.